The first-order valence-corrected chi connectivity index (χ1v) is 10.1. The second kappa shape index (κ2) is 9.93. The zero-order valence-corrected chi connectivity index (χ0v) is 17.8. The molecule has 162 valence electrons. The van der Waals surface area contributed by atoms with Gasteiger partial charge in [0.1, 0.15) is 11.3 Å². The van der Waals surface area contributed by atoms with Crippen molar-refractivity contribution in [1.82, 2.24) is 0 Å². The summed E-state index contributed by atoms with van der Waals surface area (Å²) < 4.78 is 15.5. The number of ether oxygens (including phenoxy) is 2. The number of amides is 1. The number of fused-ring (bicyclic) bond motifs is 1. The Bertz CT molecular complexity index is 1130. The van der Waals surface area contributed by atoms with Crippen LogP contribution < -0.4 is 15.7 Å². The maximum Gasteiger partial charge on any atom is 0.344 e. The molecule has 2 aromatic carbocycles. The van der Waals surface area contributed by atoms with Gasteiger partial charge >= 0.3 is 11.6 Å². The highest BCUT2D eigenvalue weighted by Gasteiger charge is 2.11. The molecule has 1 amide bonds. The van der Waals surface area contributed by atoms with Gasteiger partial charge in [-0.1, -0.05) is 26.0 Å². The molecule has 0 aliphatic carbocycles. The van der Waals surface area contributed by atoms with E-state index in [0.29, 0.717) is 22.9 Å². The molecule has 0 fully saturated rings. The van der Waals surface area contributed by atoms with Crippen molar-refractivity contribution >= 4 is 28.5 Å². The highest BCUT2D eigenvalue weighted by atomic mass is 16.6. The highest BCUT2D eigenvalue weighted by molar-refractivity contribution is 5.92. The standard InChI is InChI=1S/C24H25NO6/c1-4-15(2)17-5-7-18(8-6-17)25-22(26)13-30-24(28)14-29-19-9-10-20-16(3)11-23(27)31-21(20)12-19/h5-12,15H,4,13-14H2,1-3H3,(H,25,26). The topological polar surface area (TPSA) is 94.8 Å². The summed E-state index contributed by atoms with van der Waals surface area (Å²) in [6.45, 7) is 5.28. The van der Waals surface area contributed by atoms with E-state index in [4.69, 9.17) is 13.9 Å². The first-order valence-electron chi connectivity index (χ1n) is 10.1. The summed E-state index contributed by atoms with van der Waals surface area (Å²) in [5, 5.41) is 3.47. The molecule has 1 aromatic heterocycles. The lowest BCUT2D eigenvalue weighted by atomic mass is 9.99. The maximum atomic E-state index is 12.0. The molecule has 0 spiro atoms. The van der Waals surface area contributed by atoms with Crippen LogP contribution in [0.3, 0.4) is 0 Å². The van der Waals surface area contributed by atoms with Crippen LogP contribution >= 0.6 is 0 Å². The van der Waals surface area contributed by atoms with Crippen molar-refractivity contribution < 1.29 is 23.5 Å². The van der Waals surface area contributed by atoms with Gasteiger partial charge in [0.25, 0.3) is 5.91 Å². The largest absolute Gasteiger partial charge is 0.482 e. The van der Waals surface area contributed by atoms with Crippen LogP contribution in [0.15, 0.2) is 57.7 Å². The fourth-order valence-corrected chi connectivity index (χ4v) is 3.05. The molecule has 0 bridgehead atoms. The van der Waals surface area contributed by atoms with Gasteiger partial charge in [-0.05, 0) is 54.7 Å². The molecule has 0 radical (unpaired) electrons. The van der Waals surface area contributed by atoms with E-state index in [9.17, 15) is 14.4 Å². The normalized spacial score (nSPS) is 11.7. The third-order valence-electron chi connectivity index (χ3n) is 5.02. The van der Waals surface area contributed by atoms with Crippen molar-refractivity contribution in [2.24, 2.45) is 0 Å². The minimum absolute atomic E-state index is 0.351. The number of carbonyl (C=O) groups is 2. The van der Waals surface area contributed by atoms with Crippen molar-refractivity contribution in [2.45, 2.75) is 33.1 Å². The summed E-state index contributed by atoms with van der Waals surface area (Å²) in [4.78, 5) is 35.4. The molecule has 1 heterocycles. The number of benzene rings is 2. The van der Waals surface area contributed by atoms with Crippen molar-refractivity contribution in [3.8, 4) is 5.75 Å². The number of aryl methyl sites for hydroxylation is 1. The second-order valence-electron chi connectivity index (χ2n) is 7.34. The Balaban J connectivity index is 1.47. The Kier molecular flexibility index (Phi) is 7.07. The van der Waals surface area contributed by atoms with Gasteiger partial charge in [-0.25, -0.2) is 9.59 Å². The van der Waals surface area contributed by atoms with Gasteiger partial charge in [-0.15, -0.1) is 0 Å². The zero-order chi connectivity index (χ0) is 22.4. The minimum atomic E-state index is -0.687. The predicted molar refractivity (Wildman–Crippen MR) is 117 cm³/mol. The molecule has 0 aliphatic heterocycles. The van der Waals surface area contributed by atoms with Crippen LogP contribution in [0.25, 0.3) is 11.0 Å². The number of hydrogen-bond acceptors (Lipinski definition) is 6. The van der Waals surface area contributed by atoms with E-state index in [0.717, 1.165) is 17.4 Å². The quantitative estimate of drug-likeness (QED) is 0.432. The van der Waals surface area contributed by atoms with E-state index in [1.54, 1.807) is 12.1 Å². The number of nitrogens with one attached hydrogen (secondary N) is 1. The average Bonchev–Trinajstić information content (AvgIpc) is 2.75. The van der Waals surface area contributed by atoms with Gasteiger partial charge in [0.2, 0.25) is 0 Å². The number of hydrogen-bond donors (Lipinski definition) is 1. The van der Waals surface area contributed by atoms with Crippen LogP contribution in [0.2, 0.25) is 0 Å². The van der Waals surface area contributed by atoms with E-state index < -0.39 is 24.1 Å². The number of carbonyl (C=O) groups excluding carboxylic acids is 2. The van der Waals surface area contributed by atoms with Crippen molar-refractivity contribution in [1.29, 1.82) is 0 Å². The Morgan fingerprint density at radius 3 is 2.52 bits per heavy atom. The molecular formula is C24H25NO6. The number of rotatable bonds is 8. The lowest BCUT2D eigenvalue weighted by molar-refractivity contribution is -0.149. The molecule has 7 heteroatoms. The summed E-state index contributed by atoms with van der Waals surface area (Å²) in [6.07, 6.45) is 1.04. The average molecular weight is 423 g/mol. The lowest BCUT2D eigenvalue weighted by Gasteiger charge is -2.11. The van der Waals surface area contributed by atoms with E-state index in [1.807, 2.05) is 31.2 Å². The first kappa shape index (κ1) is 22.1. The van der Waals surface area contributed by atoms with E-state index >= 15 is 0 Å². The lowest BCUT2D eigenvalue weighted by Crippen LogP contribution is -2.23. The van der Waals surface area contributed by atoms with Crippen LogP contribution in [0.4, 0.5) is 5.69 Å². The third-order valence-corrected chi connectivity index (χ3v) is 5.02. The predicted octanol–water partition coefficient (Wildman–Crippen LogP) is 4.18. The molecule has 31 heavy (non-hydrogen) atoms. The summed E-state index contributed by atoms with van der Waals surface area (Å²) >= 11 is 0. The molecule has 3 rings (SSSR count). The maximum absolute atomic E-state index is 12.0. The van der Waals surface area contributed by atoms with Crippen LogP contribution in [0, 0.1) is 6.92 Å². The van der Waals surface area contributed by atoms with Crippen LogP contribution in [0.1, 0.15) is 37.3 Å². The highest BCUT2D eigenvalue weighted by Crippen LogP contribution is 2.22. The fourth-order valence-electron chi connectivity index (χ4n) is 3.05. The van der Waals surface area contributed by atoms with Gasteiger partial charge < -0.3 is 19.2 Å². The zero-order valence-electron chi connectivity index (χ0n) is 17.8. The molecule has 1 atom stereocenters. The Hall–Kier alpha value is -3.61. The number of esters is 1. The molecule has 3 aromatic rings. The van der Waals surface area contributed by atoms with Gasteiger partial charge in [-0.3, -0.25) is 4.79 Å². The molecule has 7 nitrogen and oxygen atoms in total. The molecular weight excluding hydrogens is 398 g/mol. The molecule has 1 unspecified atom stereocenters. The van der Waals surface area contributed by atoms with Crippen LogP contribution in [0.5, 0.6) is 5.75 Å². The van der Waals surface area contributed by atoms with Crippen LogP contribution in [-0.4, -0.2) is 25.1 Å². The van der Waals surface area contributed by atoms with E-state index in [1.165, 1.54) is 17.7 Å². The summed E-state index contributed by atoms with van der Waals surface area (Å²) in [5.41, 5.74) is 2.54. The van der Waals surface area contributed by atoms with Gasteiger partial charge in [-0.2, -0.15) is 0 Å². The second-order valence-corrected chi connectivity index (χ2v) is 7.34. The van der Waals surface area contributed by atoms with Crippen molar-refractivity contribution in [3.05, 3.63) is 70.1 Å². The van der Waals surface area contributed by atoms with Crippen molar-refractivity contribution in [3.63, 3.8) is 0 Å². The van der Waals surface area contributed by atoms with Gasteiger partial charge in [0.15, 0.2) is 13.2 Å². The van der Waals surface area contributed by atoms with Crippen molar-refractivity contribution in [2.75, 3.05) is 18.5 Å². The monoisotopic (exact) mass is 423 g/mol. The fraction of sp³-hybridized carbons (Fsp3) is 0.292. The Morgan fingerprint density at radius 1 is 1.06 bits per heavy atom. The molecule has 1 N–H and O–H groups in total. The summed E-state index contributed by atoms with van der Waals surface area (Å²) in [5.74, 6) is -0.321. The van der Waals surface area contributed by atoms with Gasteiger partial charge in [0.05, 0.1) is 0 Å². The molecule has 0 aliphatic rings. The number of anilines is 1. The SMILES string of the molecule is CCC(C)c1ccc(NC(=O)COC(=O)COc2ccc3c(C)cc(=O)oc3c2)cc1. The van der Waals surface area contributed by atoms with E-state index in [-0.39, 0.29) is 6.61 Å². The van der Waals surface area contributed by atoms with Gasteiger partial charge in [0, 0.05) is 23.2 Å². The Labute approximate surface area is 180 Å². The minimum Gasteiger partial charge on any atom is -0.482 e. The third kappa shape index (κ3) is 5.94. The van der Waals surface area contributed by atoms with E-state index in [2.05, 4.69) is 19.2 Å². The summed E-state index contributed by atoms with van der Waals surface area (Å²) in [7, 11) is 0. The molecule has 0 saturated heterocycles. The molecule has 0 saturated carbocycles. The summed E-state index contributed by atoms with van der Waals surface area (Å²) in [6, 6.07) is 13.9. The Morgan fingerprint density at radius 2 is 1.81 bits per heavy atom. The smallest absolute Gasteiger partial charge is 0.344 e. The van der Waals surface area contributed by atoms with Crippen LogP contribution in [-0.2, 0) is 14.3 Å². The first-order chi connectivity index (χ1) is 14.9.